The molecule has 0 aliphatic heterocycles. The summed E-state index contributed by atoms with van der Waals surface area (Å²) in [6.07, 6.45) is 20.8. The number of unbranched alkanes of at least 4 members (excludes halogenated alkanes) is 17. The number of carbonyl (C=O) groups excluding carboxylic acids is 3. The third kappa shape index (κ3) is 23.0. The van der Waals surface area contributed by atoms with Crippen molar-refractivity contribution < 1.29 is 47.2 Å². The van der Waals surface area contributed by atoms with Gasteiger partial charge in [0.25, 0.3) is 0 Å². The molecule has 0 radical (unpaired) electrons. The zero-order valence-corrected chi connectivity index (χ0v) is 37.7. The van der Waals surface area contributed by atoms with Crippen molar-refractivity contribution in [3.8, 4) is 0 Å². The lowest BCUT2D eigenvalue weighted by atomic mass is 9.98. The first-order valence-corrected chi connectivity index (χ1v) is 24.1. The van der Waals surface area contributed by atoms with Crippen molar-refractivity contribution >= 4 is 47.4 Å². The van der Waals surface area contributed by atoms with Crippen LogP contribution in [-0.2, 0) is 28.1 Å². The molecular weight excluding hydrogens is 765 g/mol. The Balaban J connectivity index is 1.32. The van der Waals surface area contributed by atoms with Gasteiger partial charge in [-0.15, -0.1) is 0 Å². The Morgan fingerprint density at radius 3 is 1.66 bits per heavy atom. The molecule has 11 heteroatoms. The standard InChI is InChI=1S/C48H74NO9P/c1-5-6-7-8-9-10-11-12-13-14-15-16-19-22-29-47(51)55-38-45(39-57-59(53,54)56-34-33-49(2,3)4)58-48(52)30-23-20-17-18-21-28-46(50)43-32-31-42-35-40-26-24-25-27-41(40)36-44(42)37-43/h24-27,31-32,35-37,45H,5-23,28-30,33-34,38-39H2,1-4H3/p+1/t45-/m1/s1. The van der Waals surface area contributed by atoms with E-state index in [9.17, 15) is 24.2 Å². The summed E-state index contributed by atoms with van der Waals surface area (Å²) in [7, 11) is 1.39. The first kappa shape index (κ1) is 50.4. The van der Waals surface area contributed by atoms with Crippen LogP contribution in [0.15, 0.2) is 54.6 Å². The first-order valence-electron chi connectivity index (χ1n) is 22.6. The molecular formula is C48H75NO9P+. The normalized spacial score (nSPS) is 13.4. The van der Waals surface area contributed by atoms with Crippen molar-refractivity contribution in [2.75, 3.05) is 47.5 Å². The van der Waals surface area contributed by atoms with Crippen molar-refractivity contribution in [1.29, 1.82) is 0 Å². The van der Waals surface area contributed by atoms with Crippen LogP contribution >= 0.6 is 8.17 Å². The number of esters is 2. The smallest absolute Gasteiger partial charge is 0.377 e. The monoisotopic (exact) mass is 841 g/mol. The SMILES string of the molecule is CCCCCCCCCCCCCCCCC(=O)OC[C@H](CO[P+]([O-])(O)OCC[N+](C)(C)C)OC(=O)CCCCCCCC(=O)c1ccc2cc3ccccc3cc2c1. The van der Waals surface area contributed by atoms with Gasteiger partial charge in [0.2, 0.25) is 0 Å². The topological polar surface area (TPSA) is 131 Å². The van der Waals surface area contributed by atoms with E-state index in [1.165, 1.54) is 76.0 Å². The number of fused-ring (bicyclic) bond motifs is 2. The van der Waals surface area contributed by atoms with Gasteiger partial charge in [-0.05, 0) is 59.0 Å². The Kier molecular flexibility index (Phi) is 24.4. The van der Waals surface area contributed by atoms with Gasteiger partial charge >= 0.3 is 20.1 Å². The van der Waals surface area contributed by atoms with Crippen LogP contribution in [0.2, 0.25) is 0 Å². The molecule has 0 aliphatic rings. The molecule has 10 nitrogen and oxygen atoms in total. The maximum absolute atomic E-state index is 13.0. The summed E-state index contributed by atoms with van der Waals surface area (Å²) in [5, 5.41) is 4.50. The molecule has 0 bridgehead atoms. The Hall–Kier alpha value is -2.98. The summed E-state index contributed by atoms with van der Waals surface area (Å²) in [6.45, 7) is 2.02. The third-order valence-corrected chi connectivity index (χ3v) is 11.7. The molecule has 1 unspecified atom stereocenters. The van der Waals surface area contributed by atoms with Gasteiger partial charge in [0.15, 0.2) is 11.9 Å². The van der Waals surface area contributed by atoms with Gasteiger partial charge in [0.1, 0.15) is 26.4 Å². The molecule has 3 rings (SSSR count). The van der Waals surface area contributed by atoms with Gasteiger partial charge in [0.05, 0.1) is 21.1 Å². The molecule has 0 spiro atoms. The molecule has 0 aliphatic carbocycles. The van der Waals surface area contributed by atoms with Crippen LogP contribution in [0.4, 0.5) is 0 Å². The van der Waals surface area contributed by atoms with Gasteiger partial charge in [-0.2, -0.15) is 13.9 Å². The van der Waals surface area contributed by atoms with E-state index >= 15 is 0 Å². The second-order valence-electron chi connectivity index (χ2n) is 17.2. The minimum Gasteiger partial charge on any atom is -0.606 e. The van der Waals surface area contributed by atoms with Crippen LogP contribution in [-0.4, -0.2) is 80.7 Å². The molecule has 59 heavy (non-hydrogen) atoms. The first-order chi connectivity index (χ1) is 28.3. The number of phosphoric ester groups is 1. The number of quaternary nitrogens is 1. The summed E-state index contributed by atoms with van der Waals surface area (Å²) >= 11 is 0. The predicted octanol–water partition coefficient (Wildman–Crippen LogP) is 11.0. The maximum Gasteiger partial charge on any atom is 0.377 e. The van der Waals surface area contributed by atoms with E-state index in [-0.39, 0.29) is 31.8 Å². The zero-order chi connectivity index (χ0) is 42.8. The van der Waals surface area contributed by atoms with Gasteiger partial charge < -0.3 is 18.9 Å². The highest BCUT2D eigenvalue weighted by Crippen LogP contribution is 2.47. The van der Waals surface area contributed by atoms with Gasteiger partial charge in [-0.1, -0.05) is 146 Å². The summed E-state index contributed by atoms with van der Waals surface area (Å²) in [5.41, 5.74) is 0.725. The fourth-order valence-corrected chi connectivity index (χ4v) is 7.81. The number of rotatable bonds is 34. The number of carbonyl (C=O) groups is 3. The van der Waals surface area contributed by atoms with Gasteiger partial charge in [-0.3, -0.25) is 14.4 Å². The molecule has 3 aromatic carbocycles. The van der Waals surface area contributed by atoms with Gasteiger partial charge in [-0.25, -0.2) is 0 Å². The average Bonchev–Trinajstić information content (AvgIpc) is 3.19. The van der Waals surface area contributed by atoms with Crippen LogP contribution in [0.3, 0.4) is 0 Å². The lowest BCUT2D eigenvalue weighted by molar-refractivity contribution is -0.870. The number of likely N-dealkylation sites (N-methyl/N-ethyl adjacent to an activating group) is 1. The number of hydrogen-bond donors (Lipinski definition) is 1. The second kappa shape index (κ2) is 28.5. The van der Waals surface area contributed by atoms with E-state index in [0.29, 0.717) is 23.9 Å². The largest absolute Gasteiger partial charge is 0.606 e. The fourth-order valence-electron chi connectivity index (χ4n) is 7.07. The van der Waals surface area contributed by atoms with Crippen LogP contribution in [0.5, 0.6) is 0 Å². The van der Waals surface area contributed by atoms with Crippen molar-refractivity contribution in [1.82, 2.24) is 0 Å². The molecule has 0 amide bonds. The van der Waals surface area contributed by atoms with Gasteiger partial charge in [0, 0.05) is 24.8 Å². The fraction of sp³-hybridized carbons (Fsp3) is 0.646. The number of benzene rings is 3. The molecule has 0 saturated heterocycles. The van der Waals surface area contributed by atoms with Crippen molar-refractivity contribution in [3.05, 3.63) is 60.2 Å². The van der Waals surface area contributed by atoms with Crippen LogP contribution in [0.1, 0.15) is 159 Å². The molecule has 2 atom stereocenters. The molecule has 0 heterocycles. The number of nitrogens with zero attached hydrogens (tertiary/aromatic N) is 1. The van der Waals surface area contributed by atoms with E-state index in [2.05, 4.69) is 31.2 Å². The van der Waals surface area contributed by atoms with Crippen LogP contribution in [0, 0.1) is 0 Å². The van der Waals surface area contributed by atoms with Crippen molar-refractivity contribution in [2.45, 2.75) is 154 Å². The molecule has 3 aromatic rings. The predicted molar refractivity (Wildman–Crippen MR) is 238 cm³/mol. The van der Waals surface area contributed by atoms with Crippen LogP contribution < -0.4 is 4.89 Å². The number of ether oxygens (including phenoxy) is 2. The summed E-state index contributed by atoms with van der Waals surface area (Å²) in [6, 6.07) is 18.4. The minimum atomic E-state index is -4.42. The Morgan fingerprint density at radius 2 is 1.10 bits per heavy atom. The lowest BCUT2D eigenvalue weighted by Crippen LogP contribution is -2.38. The average molecular weight is 841 g/mol. The van der Waals surface area contributed by atoms with E-state index in [4.69, 9.17) is 18.5 Å². The molecule has 0 aromatic heterocycles. The highest BCUT2D eigenvalue weighted by Gasteiger charge is 2.31. The lowest BCUT2D eigenvalue weighted by Gasteiger charge is -2.26. The highest BCUT2D eigenvalue weighted by atomic mass is 31.2. The van der Waals surface area contributed by atoms with E-state index in [0.717, 1.165) is 66.7 Å². The quantitative estimate of drug-likeness (QED) is 0.0156. The van der Waals surface area contributed by atoms with Crippen molar-refractivity contribution in [2.24, 2.45) is 0 Å². The Morgan fingerprint density at radius 1 is 0.610 bits per heavy atom. The molecule has 0 fully saturated rings. The van der Waals surface area contributed by atoms with E-state index < -0.39 is 32.8 Å². The third-order valence-electron chi connectivity index (χ3n) is 10.7. The number of hydrogen-bond acceptors (Lipinski definition) is 9. The molecule has 0 saturated carbocycles. The van der Waals surface area contributed by atoms with Crippen molar-refractivity contribution in [3.63, 3.8) is 0 Å². The maximum atomic E-state index is 13.0. The zero-order valence-electron chi connectivity index (χ0n) is 36.8. The van der Waals surface area contributed by atoms with E-state index in [1.54, 1.807) is 0 Å². The highest BCUT2D eigenvalue weighted by molar-refractivity contribution is 7.52. The molecule has 1 N–H and O–H groups in total. The summed E-state index contributed by atoms with van der Waals surface area (Å²) in [5.74, 6) is -0.771. The summed E-state index contributed by atoms with van der Waals surface area (Å²) < 4.78 is 21.8. The number of ketones is 1. The summed E-state index contributed by atoms with van der Waals surface area (Å²) in [4.78, 5) is 61.1. The number of Topliss-reactive ketones (excluding diaryl/α,β-unsaturated/α-hetero) is 1. The second-order valence-corrected chi connectivity index (χ2v) is 18.7. The Bertz CT molecular complexity index is 1660. The minimum absolute atomic E-state index is 0.00510. The van der Waals surface area contributed by atoms with Crippen LogP contribution in [0.25, 0.3) is 21.5 Å². The van der Waals surface area contributed by atoms with E-state index in [1.807, 2.05) is 51.5 Å². The number of phosphoric acid groups is 1. The molecule has 330 valence electrons. The Labute approximate surface area is 355 Å².